The zero-order valence-electron chi connectivity index (χ0n) is 11.7. The van der Waals surface area contributed by atoms with Crippen LogP contribution in [0.25, 0.3) is 0 Å². The molecular formula is C18H16O3. The summed E-state index contributed by atoms with van der Waals surface area (Å²) in [7, 11) is 1.62. The second-order valence-electron chi connectivity index (χ2n) is 4.91. The Morgan fingerprint density at radius 2 is 1.57 bits per heavy atom. The molecule has 2 atom stereocenters. The summed E-state index contributed by atoms with van der Waals surface area (Å²) in [5, 5.41) is 0. The van der Waals surface area contributed by atoms with E-state index in [9.17, 15) is 4.79 Å². The van der Waals surface area contributed by atoms with Crippen LogP contribution in [0.3, 0.4) is 0 Å². The Labute approximate surface area is 123 Å². The van der Waals surface area contributed by atoms with Gasteiger partial charge in [0.1, 0.15) is 17.6 Å². The number of hydrogen-bond acceptors (Lipinski definition) is 3. The number of carbonyl (C=O) groups excluding carboxylic acids is 1. The van der Waals surface area contributed by atoms with Crippen LogP contribution >= 0.6 is 0 Å². The molecule has 0 aromatic heterocycles. The molecule has 0 saturated carbocycles. The third-order valence-corrected chi connectivity index (χ3v) is 3.58. The van der Waals surface area contributed by atoms with E-state index in [0.29, 0.717) is 0 Å². The molecule has 1 unspecified atom stereocenters. The molecule has 3 rings (SSSR count). The van der Waals surface area contributed by atoms with Crippen molar-refractivity contribution in [2.75, 3.05) is 7.11 Å². The molecule has 3 nitrogen and oxygen atoms in total. The summed E-state index contributed by atoms with van der Waals surface area (Å²) >= 11 is 0. The Morgan fingerprint density at radius 3 is 2.24 bits per heavy atom. The number of methoxy groups -OCH3 is 1. The molecule has 0 fully saturated rings. The zero-order chi connectivity index (χ0) is 14.7. The van der Waals surface area contributed by atoms with Gasteiger partial charge in [0.05, 0.1) is 13.0 Å². The molecule has 0 saturated heterocycles. The van der Waals surface area contributed by atoms with Gasteiger partial charge in [0.25, 0.3) is 0 Å². The Balaban J connectivity index is 1.80. The Morgan fingerprint density at radius 1 is 0.905 bits per heavy atom. The van der Waals surface area contributed by atoms with Gasteiger partial charge in [-0.05, 0) is 42.0 Å². The van der Waals surface area contributed by atoms with E-state index in [1.807, 2.05) is 60.7 Å². The fraction of sp³-hybridized carbons (Fsp3) is 0.167. The highest BCUT2D eigenvalue weighted by atomic mass is 16.5. The molecule has 0 amide bonds. The van der Waals surface area contributed by atoms with Gasteiger partial charge < -0.3 is 9.47 Å². The lowest BCUT2D eigenvalue weighted by atomic mass is 9.94. The van der Waals surface area contributed by atoms with Crippen molar-refractivity contribution in [3.05, 3.63) is 72.3 Å². The lowest BCUT2D eigenvalue weighted by molar-refractivity contribution is -0.116. The minimum Gasteiger partial charge on any atom is -0.497 e. The van der Waals surface area contributed by atoms with Crippen LogP contribution in [0.1, 0.15) is 11.5 Å². The van der Waals surface area contributed by atoms with Crippen molar-refractivity contribution in [1.29, 1.82) is 0 Å². The molecule has 0 bridgehead atoms. The zero-order valence-corrected chi connectivity index (χ0v) is 11.7. The highest BCUT2D eigenvalue weighted by Crippen LogP contribution is 2.31. The number of ketones is 1. The molecule has 0 spiro atoms. The molecule has 1 aliphatic rings. The van der Waals surface area contributed by atoms with E-state index in [-0.39, 0.29) is 17.8 Å². The van der Waals surface area contributed by atoms with Crippen LogP contribution in [0.4, 0.5) is 0 Å². The summed E-state index contributed by atoms with van der Waals surface area (Å²) in [5.74, 6) is 1.31. The second kappa shape index (κ2) is 5.83. The van der Waals surface area contributed by atoms with Crippen LogP contribution in [0.2, 0.25) is 0 Å². The van der Waals surface area contributed by atoms with Gasteiger partial charge in [-0.2, -0.15) is 0 Å². The third-order valence-electron chi connectivity index (χ3n) is 3.58. The van der Waals surface area contributed by atoms with Crippen LogP contribution in [-0.2, 0) is 4.79 Å². The fourth-order valence-electron chi connectivity index (χ4n) is 2.50. The predicted octanol–water partition coefficient (Wildman–Crippen LogP) is 3.37. The van der Waals surface area contributed by atoms with E-state index in [1.54, 1.807) is 13.2 Å². The normalized spacial score (nSPS) is 20.5. The van der Waals surface area contributed by atoms with Gasteiger partial charge in [0, 0.05) is 0 Å². The van der Waals surface area contributed by atoms with E-state index < -0.39 is 0 Å². The van der Waals surface area contributed by atoms with Crippen LogP contribution in [0.5, 0.6) is 11.5 Å². The second-order valence-corrected chi connectivity index (χ2v) is 4.91. The quantitative estimate of drug-likeness (QED) is 0.861. The van der Waals surface area contributed by atoms with Gasteiger partial charge in [-0.25, -0.2) is 0 Å². The van der Waals surface area contributed by atoms with Crippen molar-refractivity contribution >= 4 is 5.78 Å². The molecule has 106 valence electrons. The van der Waals surface area contributed by atoms with Crippen LogP contribution in [0.15, 0.2) is 66.7 Å². The minimum absolute atomic E-state index is 0.0831. The first-order valence-electron chi connectivity index (χ1n) is 6.85. The van der Waals surface area contributed by atoms with E-state index >= 15 is 0 Å². The van der Waals surface area contributed by atoms with Gasteiger partial charge in [-0.15, -0.1) is 0 Å². The largest absolute Gasteiger partial charge is 0.497 e. The first kappa shape index (κ1) is 13.4. The summed E-state index contributed by atoms with van der Waals surface area (Å²) < 4.78 is 11.1. The van der Waals surface area contributed by atoms with Gasteiger partial charge in [-0.3, -0.25) is 4.79 Å². The van der Waals surface area contributed by atoms with E-state index in [4.69, 9.17) is 9.47 Å². The number of carbonyl (C=O) groups is 1. The van der Waals surface area contributed by atoms with Crippen molar-refractivity contribution < 1.29 is 14.3 Å². The molecule has 3 heteroatoms. The van der Waals surface area contributed by atoms with Crippen molar-refractivity contribution in [3.63, 3.8) is 0 Å². The van der Waals surface area contributed by atoms with Crippen molar-refractivity contribution in [2.45, 2.75) is 12.0 Å². The average Bonchev–Trinajstić information content (AvgIpc) is 2.89. The highest BCUT2D eigenvalue weighted by molar-refractivity contribution is 5.98. The van der Waals surface area contributed by atoms with Gasteiger partial charge in [0.2, 0.25) is 0 Å². The number of allylic oxidation sites excluding steroid dienone is 1. The molecule has 2 aromatic carbocycles. The van der Waals surface area contributed by atoms with Crippen molar-refractivity contribution in [2.24, 2.45) is 0 Å². The smallest absolute Gasteiger partial charge is 0.167 e. The maximum absolute atomic E-state index is 12.1. The number of hydrogen-bond donors (Lipinski definition) is 0. The van der Waals surface area contributed by atoms with Crippen LogP contribution in [-0.4, -0.2) is 19.0 Å². The summed E-state index contributed by atoms with van der Waals surface area (Å²) in [6.07, 6.45) is 3.16. The Bertz CT molecular complexity index is 644. The van der Waals surface area contributed by atoms with E-state index in [0.717, 1.165) is 17.1 Å². The minimum atomic E-state index is -0.270. The first-order chi connectivity index (χ1) is 10.3. The number of benzene rings is 2. The predicted molar refractivity (Wildman–Crippen MR) is 80.7 cm³/mol. The monoisotopic (exact) mass is 280 g/mol. The summed E-state index contributed by atoms with van der Waals surface area (Å²) in [4.78, 5) is 12.1. The highest BCUT2D eigenvalue weighted by Gasteiger charge is 2.33. The van der Waals surface area contributed by atoms with Gasteiger partial charge >= 0.3 is 0 Å². The fourth-order valence-corrected chi connectivity index (χ4v) is 2.50. The molecule has 0 radical (unpaired) electrons. The molecular weight excluding hydrogens is 264 g/mol. The van der Waals surface area contributed by atoms with Gasteiger partial charge in [-0.1, -0.05) is 30.3 Å². The van der Waals surface area contributed by atoms with E-state index in [2.05, 4.69) is 0 Å². The summed E-state index contributed by atoms with van der Waals surface area (Å²) in [6, 6.07) is 17.1. The SMILES string of the molecule is COc1ccc(O[C@H]2C=CC(=O)C2c2ccccc2)cc1. The molecule has 2 aromatic rings. The summed E-state index contributed by atoms with van der Waals surface area (Å²) in [5.41, 5.74) is 0.978. The number of rotatable bonds is 4. The lowest BCUT2D eigenvalue weighted by Crippen LogP contribution is -2.23. The van der Waals surface area contributed by atoms with Crippen LogP contribution < -0.4 is 9.47 Å². The first-order valence-corrected chi connectivity index (χ1v) is 6.85. The number of ether oxygens (including phenoxy) is 2. The van der Waals surface area contributed by atoms with Gasteiger partial charge in [0.15, 0.2) is 5.78 Å². The standard InChI is InChI=1S/C18H16O3/c1-20-14-7-9-15(10-8-14)21-17-12-11-16(19)18(17)13-5-3-2-4-6-13/h2-12,17-18H,1H3/t17-,18?/m0/s1. The maximum Gasteiger partial charge on any atom is 0.167 e. The lowest BCUT2D eigenvalue weighted by Gasteiger charge is -2.20. The van der Waals surface area contributed by atoms with Crippen molar-refractivity contribution in [3.8, 4) is 11.5 Å². The average molecular weight is 280 g/mol. The summed E-state index contributed by atoms with van der Waals surface area (Å²) in [6.45, 7) is 0. The Kier molecular flexibility index (Phi) is 3.73. The topological polar surface area (TPSA) is 35.5 Å². The third kappa shape index (κ3) is 2.82. The molecule has 1 aliphatic carbocycles. The molecule has 0 N–H and O–H groups in total. The molecule has 0 heterocycles. The van der Waals surface area contributed by atoms with Crippen molar-refractivity contribution in [1.82, 2.24) is 0 Å². The maximum atomic E-state index is 12.1. The Hall–Kier alpha value is -2.55. The van der Waals surface area contributed by atoms with Crippen LogP contribution in [0, 0.1) is 0 Å². The molecule has 0 aliphatic heterocycles. The molecule has 21 heavy (non-hydrogen) atoms. The van der Waals surface area contributed by atoms with E-state index in [1.165, 1.54) is 0 Å².